The number of carbonyl (C=O) groups is 1. The van der Waals surface area contributed by atoms with Gasteiger partial charge in [0.05, 0.1) is 6.54 Å². The molecular weight excluding hydrogens is 392 g/mol. The molecule has 0 aromatic carbocycles. The molecule has 2 saturated heterocycles. The van der Waals surface area contributed by atoms with Gasteiger partial charge in [-0.25, -0.2) is 4.99 Å². The van der Waals surface area contributed by atoms with Crippen molar-refractivity contribution in [1.82, 2.24) is 34.8 Å². The Bertz CT molecular complexity index is 770. The number of nitrogens with zero attached hydrogens (tertiary/aromatic N) is 7. The molecule has 3 rings (SSSR count). The molecule has 9 nitrogen and oxygen atoms in total. The number of likely N-dealkylation sites (tertiary alicyclic amines) is 1. The Kier molecular flexibility index (Phi) is 8.06. The zero-order valence-electron chi connectivity index (χ0n) is 19.5. The number of nitrogens with one attached hydrogen (secondary N) is 1. The lowest BCUT2D eigenvalue weighted by atomic mass is 9.92. The van der Waals surface area contributed by atoms with Crippen molar-refractivity contribution >= 4 is 11.9 Å². The number of carbonyl (C=O) groups excluding carboxylic acids is 1. The van der Waals surface area contributed by atoms with Crippen LogP contribution in [0.4, 0.5) is 0 Å². The summed E-state index contributed by atoms with van der Waals surface area (Å²) in [6, 6.07) is 0. The normalized spacial score (nSPS) is 23.2. The number of hydrogen-bond acceptors (Lipinski definition) is 5. The Morgan fingerprint density at radius 1 is 1.16 bits per heavy atom. The van der Waals surface area contributed by atoms with Crippen molar-refractivity contribution in [2.24, 2.45) is 23.9 Å². The summed E-state index contributed by atoms with van der Waals surface area (Å²) in [6.07, 6.45) is 3.05. The Morgan fingerprint density at radius 2 is 1.84 bits per heavy atom. The van der Waals surface area contributed by atoms with Gasteiger partial charge in [0.1, 0.15) is 12.4 Å². The van der Waals surface area contributed by atoms with E-state index in [0.29, 0.717) is 31.5 Å². The van der Waals surface area contributed by atoms with E-state index in [1.165, 1.54) is 6.42 Å². The van der Waals surface area contributed by atoms with Crippen molar-refractivity contribution < 1.29 is 4.79 Å². The maximum Gasteiger partial charge on any atom is 0.236 e. The highest BCUT2D eigenvalue weighted by Gasteiger charge is 2.28. The minimum absolute atomic E-state index is 0.267. The molecule has 31 heavy (non-hydrogen) atoms. The van der Waals surface area contributed by atoms with Gasteiger partial charge >= 0.3 is 0 Å². The average molecular weight is 431 g/mol. The fraction of sp³-hybridized carbons (Fsp3) is 0.727. The van der Waals surface area contributed by atoms with Gasteiger partial charge in [-0.2, -0.15) is 0 Å². The molecule has 1 amide bonds. The fourth-order valence-electron chi connectivity index (χ4n) is 4.44. The van der Waals surface area contributed by atoms with Crippen LogP contribution in [0.1, 0.15) is 31.9 Å². The first kappa shape index (κ1) is 23.2. The monoisotopic (exact) mass is 430 g/mol. The van der Waals surface area contributed by atoms with Gasteiger partial charge < -0.3 is 19.7 Å². The molecule has 2 fully saturated rings. The van der Waals surface area contributed by atoms with Crippen LogP contribution in [-0.2, 0) is 18.4 Å². The lowest BCUT2D eigenvalue weighted by Gasteiger charge is -2.39. The van der Waals surface area contributed by atoms with E-state index in [1.807, 2.05) is 24.6 Å². The van der Waals surface area contributed by atoms with E-state index in [9.17, 15) is 4.79 Å². The number of guanidine groups is 1. The van der Waals surface area contributed by atoms with Crippen LogP contribution in [0.25, 0.3) is 0 Å². The molecule has 172 valence electrons. The Balaban J connectivity index is 1.53. The number of piperidine rings is 1. The van der Waals surface area contributed by atoms with E-state index in [4.69, 9.17) is 4.99 Å². The standard InChI is InChI=1S/C22H38N8O/c1-6-7-23-22(24-13-20-26-25-19(4)27(20)5)29-10-8-28(9-11-29)16-21(31)30-14-17(2)12-18(3)15-30/h6,17-18H,1,7-16H2,2-5H3,(H,23,24). The minimum atomic E-state index is 0.267. The highest BCUT2D eigenvalue weighted by Crippen LogP contribution is 2.21. The first-order valence-corrected chi connectivity index (χ1v) is 11.4. The summed E-state index contributed by atoms with van der Waals surface area (Å²) in [5.74, 6) is 4.02. The lowest BCUT2D eigenvalue weighted by molar-refractivity contribution is -0.135. The van der Waals surface area contributed by atoms with Gasteiger partial charge in [-0.3, -0.25) is 9.69 Å². The van der Waals surface area contributed by atoms with Crippen LogP contribution in [0, 0.1) is 18.8 Å². The summed E-state index contributed by atoms with van der Waals surface area (Å²) in [6.45, 7) is 17.0. The van der Waals surface area contributed by atoms with Crippen molar-refractivity contribution in [3.63, 3.8) is 0 Å². The third-order valence-electron chi connectivity index (χ3n) is 6.21. The summed E-state index contributed by atoms with van der Waals surface area (Å²) in [5.41, 5.74) is 0. The topological polar surface area (TPSA) is 81.9 Å². The summed E-state index contributed by atoms with van der Waals surface area (Å²) >= 11 is 0. The Morgan fingerprint density at radius 3 is 2.42 bits per heavy atom. The molecule has 0 spiro atoms. The highest BCUT2D eigenvalue weighted by atomic mass is 16.2. The molecule has 2 atom stereocenters. The molecule has 2 aliphatic rings. The largest absolute Gasteiger partial charge is 0.353 e. The second-order valence-corrected chi connectivity index (χ2v) is 9.04. The summed E-state index contributed by atoms with van der Waals surface area (Å²) in [4.78, 5) is 24.2. The second-order valence-electron chi connectivity index (χ2n) is 9.04. The molecule has 1 aromatic rings. The number of aliphatic imine (C=N–C) groups is 1. The van der Waals surface area contributed by atoms with Gasteiger partial charge in [0.25, 0.3) is 0 Å². The molecule has 2 unspecified atom stereocenters. The van der Waals surface area contributed by atoms with Crippen molar-refractivity contribution in [2.75, 3.05) is 52.4 Å². The van der Waals surface area contributed by atoms with Gasteiger partial charge in [0, 0.05) is 52.9 Å². The van der Waals surface area contributed by atoms with E-state index in [2.05, 4.69) is 50.6 Å². The van der Waals surface area contributed by atoms with Gasteiger partial charge in [-0.1, -0.05) is 19.9 Å². The number of aromatic nitrogens is 3. The van der Waals surface area contributed by atoms with Crippen LogP contribution in [0.3, 0.4) is 0 Å². The SMILES string of the molecule is C=CCNC(=NCc1nnc(C)n1C)N1CCN(CC(=O)N2CC(C)CC(C)C2)CC1. The Hall–Kier alpha value is -2.42. The van der Waals surface area contributed by atoms with E-state index < -0.39 is 0 Å². The van der Waals surface area contributed by atoms with Crippen LogP contribution in [0.5, 0.6) is 0 Å². The molecule has 1 N–H and O–H groups in total. The first-order chi connectivity index (χ1) is 14.9. The molecule has 0 bridgehead atoms. The molecular formula is C22H38N8O. The molecule has 0 radical (unpaired) electrons. The maximum atomic E-state index is 12.8. The van der Waals surface area contributed by atoms with Crippen molar-refractivity contribution in [1.29, 1.82) is 0 Å². The average Bonchev–Trinajstić information content (AvgIpc) is 3.06. The molecule has 2 aliphatic heterocycles. The smallest absolute Gasteiger partial charge is 0.236 e. The minimum Gasteiger partial charge on any atom is -0.353 e. The summed E-state index contributed by atoms with van der Waals surface area (Å²) < 4.78 is 1.96. The molecule has 1 aromatic heterocycles. The van der Waals surface area contributed by atoms with Crippen LogP contribution in [0.2, 0.25) is 0 Å². The van der Waals surface area contributed by atoms with Gasteiger partial charge in [0.2, 0.25) is 5.91 Å². The first-order valence-electron chi connectivity index (χ1n) is 11.4. The molecule has 3 heterocycles. The van der Waals surface area contributed by atoms with Crippen LogP contribution in [-0.4, -0.2) is 93.7 Å². The van der Waals surface area contributed by atoms with E-state index >= 15 is 0 Å². The van der Waals surface area contributed by atoms with Crippen molar-refractivity contribution in [3.8, 4) is 0 Å². The van der Waals surface area contributed by atoms with E-state index in [1.54, 1.807) is 0 Å². The quantitative estimate of drug-likeness (QED) is 0.410. The molecule has 0 saturated carbocycles. The maximum absolute atomic E-state index is 12.8. The number of piperazine rings is 1. The van der Waals surface area contributed by atoms with E-state index in [-0.39, 0.29) is 5.91 Å². The van der Waals surface area contributed by atoms with Crippen molar-refractivity contribution in [3.05, 3.63) is 24.3 Å². The van der Waals surface area contributed by atoms with Gasteiger partial charge in [-0.05, 0) is 25.2 Å². The Labute approximate surface area is 186 Å². The number of rotatable bonds is 6. The van der Waals surface area contributed by atoms with Gasteiger partial charge in [-0.15, -0.1) is 16.8 Å². The van der Waals surface area contributed by atoms with Gasteiger partial charge in [0.15, 0.2) is 11.8 Å². The third kappa shape index (κ3) is 6.29. The second kappa shape index (κ2) is 10.7. The van der Waals surface area contributed by atoms with Crippen molar-refractivity contribution in [2.45, 2.75) is 33.7 Å². The summed E-state index contributed by atoms with van der Waals surface area (Å²) in [5, 5.41) is 11.7. The molecule has 9 heteroatoms. The van der Waals surface area contributed by atoms with Crippen LogP contribution >= 0.6 is 0 Å². The molecule has 0 aliphatic carbocycles. The third-order valence-corrected chi connectivity index (χ3v) is 6.21. The predicted octanol–water partition coefficient (Wildman–Crippen LogP) is 0.877. The van der Waals surface area contributed by atoms with Crippen LogP contribution < -0.4 is 5.32 Å². The number of hydrogen-bond donors (Lipinski definition) is 1. The summed E-state index contributed by atoms with van der Waals surface area (Å²) in [7, 11) is 1.96. The number of amides is 1. The predicted molar refractivity (Wildman–Crippen MR) is 123 cm³/mol. The number of aryl methyl sites for hydroxylation is 1. The van der Waals surface area contributed by atoms with E-state index in [0.717, 1.165) is 56.9 Å². The fourth-order valence-corrected chi connectivity index (χ4v) is 4.44. The van der Waals surface area contributed by atoms with Crippen LogP contribution in [0.15, 0.2) is 17.6 Å². The zero-order valence-corrected chi connectivity index (χ0v) is 19.5. The lowest BCUT2D eigenvalue weighted by Crippen LogP contribution is -2.55. The zero-order chi connectivity index (χ0) is 22.4. The highest BCUT2D eigenvalue weighted by molar-refractivity contribution is 5.80.